The Morgan fingerprint density at radius 1 is 0.594 bits per heavy atom. The molecular weight excluding hydrogens is 1310 g/mol. The van der Waals surface area contributed by atoms with Crippen LogP contribution in [0.5, 0.6) is 11.5 Å². The van der Waals surface area contributed by atoms with E-state index in [2.05, 4.69) is 15.5 Å². The van der Waals surface area contributed by atoms with Crippen molar-refractivity contribution in [2.24, 2.45) is 5.92 Å². The molecule has 6 N–H and O–H groups in total. The van der Waals surface area contributed by atoms with Crippen LogP contribution < -0.4 is 20.1 Å². The van der Waals surface area contributed by atoms with E-state index in [4.69, 9.17) is 28.8 Å². The molecule has 566 valence electrons. The van der Waals surface area contributed by atoms with Gasteiger partial charge in [-0.3, -0.25) is 58.0 Å². The molecule has 0 unspecified atom stereocenters. The van der Waals surface area contributed by atoms with Crippen molar-refractivity contribution >= 4 is 53.3 Å². The number of aliphatic carboxylic acids is 4. The summed E-state index contributed by atoms with van der Waals surface area (Å²) in [6.07, 6.45) is 9.42. The summed E-state index contributed by atoms with van der Waals surface area (Å²) in [5, 5.41) is 48.5. The van der Waals surface area contributed by atoms with Crippen LogP contribution in [-0.4, -0.2) is 310 Å². The van der Waals surface area contributed by atoms with Gasteiger partial charge in [0.15, 0.2) is 5.69 Å². The molecule has 2 aliphatic rings. The minimum Gasteiger partial charge on any atom is -0.496 e. The summed E-state index contributed by atoms with van der Waals surface area (Å²) in [7, 11) is 8.70. The number of carbonyl (C=O) groups is 9. The molecule has 1 aliphatic heterocycles. The summed E-state index contributed by atoms with van der Waals surface area (Å²) in [5.74, 6) is -4.07. The molecule has 1 aromatic heterocycles. The van der Waals surface area contributed by atoms with Crippen LogP contribution in [0.25, 0.3) is 16.9 Å². The van der Waals surface area contributed by atoms with E-state index in [-0.39, 0.29) is 73.6 Å². The Labute approximate surface area is 596 Å². The molecular formula is C72H115N11O18. The molecule has 0 spiro atoms. The number of methoxy groups -OCH3 is 2. The third kappa shape index (κ3) is 32.1. The second-order valence-electron chi connectivity index (χ2n) is 26.1. The Morgan fingerprint density at radius 2 is 1.11 bits per heavy atom. The Balaban J connectivity index is 0.000000462. The Bertz CT molecular complexity index is 3000. The zero-order valence-electron chi connectivity index (χ0n) is 61.3. The molecule has 2 fully saturated rings. The molecule has 0 radical (unpaired) electrons. The van der Waals surface area contributed by atoms with Crippen molar-refractivity contribution in [3.63, 3.8) is 0 Å². The van der Waals surface area contributed by atoms with E-state index in [0.717, 1.165) is 83.0 Å². The highest BCUT2D eigenvalue weighted by Gasteiger charge is 2.33. The lowest BCUT2D eigenvalue weighted by molar-refractivity contribution is -0.141. The third-order valence-electron chi connectivity index (χ3n) is 17.7. The van der Waals surface area contributed by atoms with E-state index < -0.39 is 35.8 Å². The van der Waals surface area contributed by atoms with Crippen LogP contribution in [0.15, 0.2) is 42.5 Å². The number of carboxylic acid groups (broad SMARTS) is 4. The molecule has 2 aromatic carbocycles. The topological polar surface area (TPSA) is 345 Å². The number of nitrogens with zero attached hydrogens (tertiary/aromatic N) is 9. The van der Waals surface area contributed by atoms with E-state index in [1.165, 1.54) is 0 Å². The second-order valence-corrected chi connectivity index (χ2v) is 26.1. The molecule has 1 saturated heterocycles. The zero-order valence-corrected chi connectivity index (χ0v) is 61.3. The monoisotopic (exact) mass is 1420 g/mol. The number of hydrogen-bond donors (Lipinski definition) is 6. The van der Waals surface area contributed by atoms with Crippen molar-refractivity contribution in [1.82, 2.24) is 54.7 Å². The van der Waals surface area contributed by atoms with E-state index in [0.29, 0.717) is 158 Å². The van der Waals surface area contributed by atoms with Gasteiger partial charge in [-0.15, -0.1) is 0 Å². The first-order valence-electron chi connectivity index (χ1n) is 35.6. The molecule has 0 bridgehead atoms. The summed E-state index contributed by atoms with van der Waals surface area (Å²) in [5.41, 5.74) is 3.08. The molecule has 1 atom stereocenters. The lowest BCUT2D eigenvalue weighted by Gasteiger charge is -2.32. The summed E-state index contributed by atoms with van der Waals surface area (Å²) in [6.45, 7) is 16.7. The maximum atomic E-state index is 13.9. The van der Waals surface area contributed by atoms with Gasteiger partial charge in [-0.1, -0.05) is 53.0 Å². The van der Waals surface area contributed by atoms with E-state index in [1.54, 1.807) is 87.8 Å². The van der Waals surface area contributed by atoms with Gasteiger partial charge in [0.2, 0.25) is 11.8 Å². The predicted molar refractivity (Wildman–Crippen MR) is 381 cm³/mol. The quantitative estimate of drug-likeness (QED) is 0.0393. The number of nitrogens with one attached hydrogen (secondary N) is 2. The number of rotatable bonds is 43. The number of ketones is 1. The summed E-state index contributed by atoms with van der Waals surface area (Å²) in [6, 6.07) is 11.4. The molecule has 1 saturated carbocycles. The zero-order chi connectivity index (χ0) is 74.2. The first kappa shape index (κ1) is 85.8. The number of amides is 4. The van der Waals surface area contributed by atoms with Crippen molar-refractivity contribution in [1.29, 1.82) is 0 Å². The maximum absolute atomic E-state index is 13.9. The van der Waals surface area contributed by atoms with E-state index >= 15 is 0 Å². The number of carboxylic acids is 4. The number of hydrogen-bond acceptors (Lipinski definition) is 20. The standard InChI is InChI=1S/C46H66N6O8.C26H49N5O10/c1-9-16-34(53)22-24-41(54)50(5)27-14-25-49(4)26-15-28-51(6)45(56)33-21-23-37(35(29-33)31(2)3)52-38(42-39(59-7)19-13-20-40(42)60-8)30-36(48-52)44(55)47-43(46(57)58)32-17-11-10-12-18-32;1-2-13-39-15-17-41-18-16-40-14-3-4-27-23(32)19-28-5-7-29(20-24(33)34)9-11-31(22-26(37)38)12-10-30(8-6-28)21-25(35)36/h13,19-21,23,29-32,43H,9-12,14-18,22,24-28H2,1-8H3,(H,47,55)(H,57,58);2-22H2,1H3,(H,27,32)(H,33,34)(H,35,36)(H,37,38)/t43-;/m0./s1. The third-order valence-corrected chi connectivity index (χ3v) is 17.7. The minimum atomic E-state index is -1.07. The number of carbonyl (C=O) groups excluding carboxylic acids is 5. The van der Waals surface area contributed by atoms with Gasteiger partial charge >= 0.3 is 23.9 Å². The van der Waals surface area contributed by atoms with Crippen molar-refractivity contribution < 1.29 is 87.3 Å². The van der Waals surface area contributed by atoms with Gasteiger partial charge in [0.05, 0.1) is 83.8 Å². The van der Waals surface area contributed by atoms with Crippen LogP contribution in [0, 0.1) is 5.92 Å². The fourth-order valence-corrected chi connectivity index (χ4v) is 12.1. The highest BCUT2D eigenvalue weighted by atomic mass is 16.5. The highest BCUT2D eigenvalue weighted by Crippen LogP contribution is 2.41. The van der Waals surface area contributed by atoms with Crippen LogP contribution in [0.4, 0.5) is 0 Å². The lowest BCUT2D eigenvalue weighted by atomic mass is 9.84. The van der Waals surface area contributed by atoms with Gasteiger partial charge in [-0.2, -0.15) is 5.10 Å². The van der Waals surface area contributed by atoms with Crippen LogP contribution >= 0.6 is 0 Å². The van der Waals surface area contributed by atoms with E-state index in [9.17, 15) is 63.6 Å². The Morgan fingerprint density at radius 3 is 1.60 bits per heavy atom. The van der Waals surface area contributed by atoms with Gasteiger partial charge in [-0.05, 0) is 119 Å². The largest absolute Gasteiger partial charge is 0.496 e. The first-order chi connectivity index (χ1) is 48.4. The molecule has 101 heavy (non-hydrogen) atoms. The first-order valence-corrected chi connectivity index (χ1v) is 35.6. The molecule has 29 nitrogen and oxygen atoms in total. The van der Waals surface area contributed by atoms with Crippen molar-refractivity contribution in [3.8, 4) is 28.4 Å². The minimum absolute atomic E-state index is 0.00880. The van der Waals surface area contributed by atoms with Crippen LogP contribution in [0.3, 0.4) is 0 Å². The Kier molecular flexibility index (Phi) is 40.4. The SMILES string of the molecule is CCCC(=O)CCC(=O)N(C)CCCN(C)CCCN(C)C(=O)c1ccc(-n2nc(C(=O)N[C@H](C(=O)O)C3CCCCC3)cc2-c2c(OC)cccc2OC)c(C(C)C)c1.CCCOCCOCCOCCCNC(=O)CN1CCN(CC(=O)O)CCN(CC(=O)O)CCN(CC(=O)O)CC1. The average molecular weight is 1420 g/mol. The Hall–Kier alpha value is -7.64. The van der Waals surface area contributed by atoms with Crippen molar-refractivity contribution in [3.05, 3.63) is 59.3 Å². The summed E-state index contributed by atoms with van der Waals surface area (Å²) >= 11 is 0. The normalized spacial score (nSPS) is 15.0. The molecule has 2 heterocycles. The van der Waals surface area contributed by atoms with Crippen molar-refractivity contribution in [2.45, 2.75) is 123 Å². The number of ether oxygens (including phenoxy) is 5. The molecule has 3 aromatic rings. The summed E-state index contributed by atoms with van der Waals surface area (Å²) < 4.78 is 29.4. The van der Waals surface area contributed by atoms with Crippen LogP contribution in [0.1, 0.15) is 143 Å². The van der Waals surface area contributed by atoms with Crippen molar-refractivity contribution in [2.75, 3.05) is 186 Å². The van der Waals surface area contributed by atoms with Gasteiger partial charge in [0.25, 0.3) is 11.8 Å². The van der Waals surface area contributed by atoms with Crippen LogP contribution in [-0.2, 0) is 47.8 Å². The number of Topliss-reactive ketones (excluding diaryl/α,β-unsaturated/α-hetero) is 1. The number of aromatic nitrogens is 2. The van der Waals surface area contributed by atoms with Gasteiger partial charge in [0.1, 0.15) is 23.3 Å². The fraction of sp³-hybridized carbons (Fsp3) is 0.667. The average Bonchev–Trinajstić information content (AvgIpc) is 1.67. The number of benzene rings is 2. The fourth-order valence-electron chi connectivity index (χ4n) is 12.1. The van der Waals surface area contributed by atoms with Gasteiger partial charge in [0, 0.05) is 124 Å². The van der Waals surface area contributed by atoms with E-state index in [1.807, 2.05) is 51.8 Å². The van der Waals surface area contributed by atoms with Gasteiger partial charge in [-0.25, -0.2) is 9.48 Å². The maximum Gasteiger partial charge on any atom is 0.326 e. The molecule has 5 rings (SSSR count). The second kappa shape index (κ2) is 47.5. The highest BCUT2D eigenvalue weighted by molar-refractivity contribution is 5.97. The molecule has 4 amide bonds. The predicted octanol–water partition coefficient (Wildman–Crippen LogP) is 5.26. The smallest absolute Gasteiger partial charge is 0.326 e. The van der Waals surface area contributed by atoms with Gasteiger partial charge < -0.3 is 69.4 Å². The molecule has 1 aliphatic carbocycles. The van der Waals surface area contributed by atoms with Crippen LogP contribution in [0.2, 0.25) is 0 Å². The summed E-state index contributed by atoms with van der Waals surface area (Å²) in [4.78, 5) is 124. The molecule has 29 heteroatoms. The lowest BCUT2D eigenvalue weighted by Crippen LogP contribution is -2.49.